The standard InChI is InChI=1S/C12H25N3O/c1-3-15(4-2)12(16)14-10-8-11-7-5-6-9-13-11/h11,13H,3-10H2,1-2H3,(H,14,16). The molecule has 1 rings (SSSR count). The van der Waals surface area contributed by atoms with E-state index < -0.39 is 0 Å². The average molecular weight is 227 g/mol. The molecule has 0 bridgehead atoms. The topological polar surface area (TPSA) is 44.4 Å². The summed E-state index contributed by atoms with van der Waals surface area (Å²) in [5, 5.41) is 6.46. The first-order chi connectivity index (χ1) is 7.77. The maximum absolute atomic E-state index is 11.6. The minimum absolute atomic E-state index is 0.0702. The van der Waals surface area contributed by atoms with Crippen LogP contribution in [0.2, 0.25) is 0 Å². The van der Waals surface area contributed by atoms with Crippen LogP contribution in [0.4, 0.5) is 4.79 Å². The molecular formula is C12H25N3O. The number of hydrogen-bond donors (Lipinski definition) is 2. The first-order valence-electron chi connectivity index (χ1n) is 6.54. The molecular weight excluding hydrogens is 202 g/mol. The van der Waals surface area contributed by atoms with E-state index >= 15 is 0 Å². The number of amides is 2. The van der Waals surface area contributed by atoms with Gasteiger partial charge in [-0.25, -0.2) is 4.79 Å². The molecule has 94 valence electrons. The lowest BCUT2D eigenvalue weighted by Crippen LogP contribution is -2.42. The first kappa shape index (κ1) is 13.3. The zero-order valence-electron chi connectivity index (χ0n) is 10.6. The number of nitrogens with zero attached hydrogens (tertiary/aromatic N) is 1. The number of nitrogens with one attached hydrogen (secondary N) is 2. The molecule has 2 amide bonds. The van der Waals surface area contributed by atoms with Crippen LogP contribution >= 0.6 is 0 Å². The van der Waals surface area contributed by atoms with Gasteiger partial charge in [-0.3, -0.25) is 0 Å². The molecule has 16 heavy (non-hydrogen) atoms. The van der Waals surface area contributed by atoms with Crippen LogP contribution in [0.25, 0.3) is 0 Å². The number of urea groups is 1. The lowest BCUT2D eigenvalue weighted by Gasteiger charge is -2.24. The van der Waals surface area contributed by atoms with Gasteiger partial charge in [-0.05, 0) is 39.7 Å². The largest absolute Gasteiger partial charge is 0.338 e. The van der Waals surface area contributed by atoms with E-state index in [-0.39, 0.29) is 6.03 Å². The third-order valence-electron chi connectivity index (χ3n) is 3.23. The van der Waals surface area contributed by atoms with Crippen molar-refractivity contribution in [1.29, 1.82) is 0 Å². The molecule has 1 aliphatic rings. The van der Waals surface area contributed by atoms with E-state index in [0.29, 0.717) is 6.04 Å². The predicted octanol–water partition coefficient (Wildman–Crippen LogP) is 1.57. The minimum Gasteiger partial charge on any atom is -0.338 e. The van der Waals surface area contributed by atoms with Crippen molar-refractivity contribution in [2.75, 3.05) is 26.2 Å². The van der Waals surface area contributed by atoms with E-state index in [2.05, 4.69) is 10.6 Å². The number of carbonyl (C=O) groups is 1. The Labute approximate surface area is 98.8 Å². The maximum atomic E-state index is 11.6. The van der Waals surface area contributed by atoms with Crippen molar-refractivity contribution >= 4 is 6.03 Å². The fourth-order valence-electron chi connectivity index (χ4n) is 2.15. The molecule has 1 aliphatic heterocycles. The van der Waals surface area contributed by atoms with Gasteiger partial charge in [0.15, 0.2) is 0 Å². The van der Waals surface area contributed by atoms with Crippen molar-refractivity contribution < 1.29 is 4.79 Å². The highest BCUT2D eigenvalue weighted by Crippen LogP contribution is 2.09. The molecule has 4 nitrogen and oxygen atoms in total. The van der Waals surface area contributed by atoms with E-state index in [0.717, 1.165) is 32.6 Å². The molecule has 2 N–H and O–H groups in total. The summed E-state index contributed by atoms with van der Waals surface area (Å²) in [6.07, 6.45) is 4.91. The van der Waals surface area contributed by atoms with Crippen LogP contribution in [0.3, 0.4) is 0 Å². The molecule has 0 aliphatic carbocycles. The molecule has 1 fully saturated rings. The van der Waals surface area contributed by atoms with Crippen molar-refractivity contribution in [2.24, 2.45) is 0 Å². The molecule has 0 spiro atoms. The molecule has 0 radical (unpaired) electrons. The van der Waals surface area contributed by atoms with E-state index in [1.54, 1.807) is 0 Å². The number of hydrogen-bond acceptors (Lipinski definition) is 2. The van der Waals surface area contributed by atoms with Gasteiger partial charge in [0.1, 0.15) is 0 Å². The summed E-state index contributed by atoms with van der Waals surface area (Å²) in [5.41, 5.74) is 0. The van der Waals surface area contributed by atoms with E-state index in [4.69, 9.17) is 0 Å². The number of rotatable bonds is 5. The van der Waals surface area contributed by atoms with E-state index in [1.165, 1.54) is 19.3 Å². The first-order valence-corrected chi connectivity index (χ1v) is 6.54. The second-order valence-electron chi connectivity index (χ2n) is 4.34. The van der Waals surface area contributed by atoms with Gasteiger partial charge in [0, 0.05) is 25.7 Å². The van der Waals surface area contributed by atoms with Crippen LogP contribution < -0.4 is 10.6 Å². The smallest absolute Gasteiger partial charge is 0.317 e. The monoisotopic (exact) mass is 227 g/mol. The van der Waals surface area contributed by atoms with Crippen molar-refractivity contribution in [3.8, 4) is 0 Å². The van der Waals surface area contributed by atoms with Gasteiger partial charge in [-0.15, -0.1) is 0 Å². The summed E-state index contributed by atoms with van der Waals surface area (Å²) in [6.45, 7) is 7.49. The summed E-state index contributed by atoms with van der Waals surface area (Å²) in [4.78, 5) is 13.5. The molecule has 0 aromatic carbocycles. The van der Waals surface area contributed by atoms with Crippen LogP contribution in [-0.2, 0) is 0 Å². The van der Waals surface area contributed by atoms with Crippen molar-refractivity contribution in [3.05, 3.63) is 0 Å². The Morgan fingerprint density at radius 2 is 2.12 bits per heavy atom. The average Bonchev–Trinajstić information content (AvgIpc) is 2.32. The highest BCUT2D eigenvalue weighted by Gasteiger charge is 2.13. The Morgan fingerprint density at radius 3 is 2.69 bits per heavy atom. The van der Waals surface area contributed by atoms with Gasteiger partial charge < -0.3 is 15.5 Å². The second kappa shape index (κ2) is 7.49. The molecule has 0 aromatic rings. The number of piperidine rings is 1. The van der Waals surface area contributed by atoms with Crippen LogP contribution in [0.5, 0.6) is 0 Å². The van der Waals surface area contributed by atoms with Crippen LogP contribution in [0, 0.1) is 0 Å². The third kappa shape index (κ3) is 4.39. The Hall–Kier alpha value is -0.770. The van der Waals surface area contributed by atoms with E-state index in [1.807, 2.05) is 18.7 Å². The fourth-order valence-corrected chi connectivity index (χ4v) is 2.15. The SMILES string of the molecule is CCN(CC)C(=O)NCCC1CCCCN1. The van der Waals surface area contributed by atoms with Gasteiger partial charge >= 0.3 is 6.03 Å². The third-order valence-corrected chi connectivity index (χ3v) is 3.23. The maximum Gasteiger partial charge on any atom is 0.317 e. The van der Waals surface area contributed by atoms with Crippen molar-refractivity contribution in [2.45, 2.75) is 45.6 Å². The Kier molecular flexibility index (Phi) is 6.23. The lowest BCUT2D eigenvalue weighted by atomic mass is 10.0. The quantitative estimate of drug-likeness (QED) is 0.749. The van der Waals surface area contributed by atoms with Crippen LogP contribution in [-0.4, -0.2) is 43.2 Å². The highest BCUT2D eigenvalue weighted by atomic mass is 16.2. The van der Waals surface area contributed by atoms with Gasteiger partial charge in [0.2, 0.25) is 0 Å². The van der Waals surface area contributed by atoms with Crippen LogP contribution in [0.1, 0.15) is 39.5 Å². The van der Waals surface area contributed by atoms with Gasteiger partial charge in [-0.1, -0.05) is 6.42 Å². The molecule has 1 heterocycles. The Balaban J connectivity index is 2.11. The Morgan fingerprint density at radius 1 is 1.38 bits per heavy atom. The van der Waals surface area contributed by atoms with Crippen LogP contribution in [0.15, 0.2) is 0 Å². The highest BCUT2D eigenvalue weighted by molar-refractivity contribution is 5.73. The summed E-state index contributed by atoms with van der Waals surface area (Å²) < 4.78 is 0. The second-order valence-corrected chi connectivity index (χ2v) is 4.34. The minimum atomic E-state index is 0.0702. The Bertz CT molecular complexity index is 198. The zero-order chi connectivity index (χ0) is 11.8. The molecule has 1 unspecified atom stereocenters. The summed E-state index contributed by atoms with van der Waals surface area (Å²) >= 11 is 0. The summed E-state index contributed by atoms with van der Waals surface area (Å²) in [6, 6.07) is 0.673. The number of carbonyl (C=O) groups excluding carboxylic acids is 1. The van der Waals surface area contributed by atoms with Gasteiger partial charge in [0.05, 0.1) is 0 Å². The van der Waals surface area contributed by atoms with Gasteiger partial charge in [0.25, 0.3) is 0 Å². The van der Waals surface area contributed by atoms with Crippen molar-refractivity contribution in [1.82, 2.24) is 15.5 Å². The van der Waals surface area contributed by atoms with Gasteiger partial charge in [-0.2, -0.15) is 0 Å². The van der Waals surface area contributed by atoms with Crippen molar-refractivity contribution in [3.63, 3.8) is 0 Å². The summed E-state index contributed by atoms with van der Waals surface area (Å²) in [5.74, 6) is 0. The normalized spacial score (nSPS) is 20.5. The zero-order valence-corrected chi connectivity index (χ0v) is 10.6. The molecule has 0 aromatic heterocycles. The van der Waals surface area contributed by atoms with E-state index in [9.17, 15) is 4.79 Å². The molecule has 1 atom stereocenters. The lowest BCUT2D eigenvalue weighted by molar-refractivity contribution is 0.202. The summed E-state index contributed by atoms with van der Waals surface area (Å²) in [7, 11) is 0. The fraction of sp³-hybridized carbons (Fsp3) is 0.917. The molecule has 0 saturated carbocycles. The molecule has 4 heteroatoms. The predicted molar refractivity (Wildman–Crippen MR) is 66.6 cm³/mol. The molecule has 1 saturated heterocycles.